The second-order valence-electron chi connectivity index (χ2n) is 3.53. The number of ether oxygens (including phenoxy) is 1. The van der Waals surface area contributed by atoms with Gasteiger partial charge in [0.15, 0.2) is 0 Å². The summed E-state index contributed by atoms with van der Waals surface area (Å²) in [5.41, 5.74) is -0.236. The standard InChI is InChI=1S/C8H15NO2/c1-7(10)11-8(2)4-5-9(3)6-8/h4-6H2,1-3H3. The predicted molar refractivity (Wildman–Crippen MR) is 42.3 cm³/mol. The Morgan fingerprint density at radius 3 is 2.64 bits per heavy atom. The highest BCUT2D eigenvalue weighted by Crippen LogP contribution is 2.23. The van der Waals surface area contributed by atoms with Crippen molar-refractivity contribution in [2.24, 2.45) is 0 Å². The van der Waals surface area contributed by atoms with E-state index in [-0.39, 0.29) is 11.6 Å². The van der Waals surface area contributed by atoms with Gasteiger partial charge in [0.1, 0.15) is 5.60 Å². The number of hydrogen-bond acceptors (Lipinski definition) is 3. The summed E-state index contributed by atoms with van der Waals surface area (Å²) in [6.07, 6.45) is 0.948. The molecule has 11 heavy (non-hydrogen) atoms. The minimum Gasteiger partial charge on any atom is -0.458 e. The minimum absolute atomic E-state index is 0.178. The quantitative estimate of drug-likeness (QED) is 0.523. The van der Waals surface area contributed by atoms with Gasteiger partial charge in [-0.3, -0.25) is 4.79 Å². The Morgan fingerprint density at radius 2 is 2.27 bits per heavy atom. The first-order valence-corrected chi connectivity index (χ1v) is 3.90. The van der Waals surface area contributed by atoms with E-state index < -0.39 is 0 Å². The van der Waals surface area contributed by atoms with Gasteiger partial charge in [-0.1, -0.05) is 0 Å². The summed E-state index contributed by atoms with van der Waals surface area (Å²) < 4.78 is 5.19. The van der Waals surface area contributed by atoms with Crippen LogP contribution in [-0.2, 0) is 9.53 Å². The summed E-state index contributed by atoms with van der Waals surface area (Å²) >= 11 is 0. The molecule has 3 nitrogen and oxygen atoms in total. The molecular formula is C8H15NO2. The SMILES string of the molecule is CC(=O)OC1(C)CCN(C)C1. The van der Waals surface area contributed by atoms with Crippen LogP contribution in [0.15, 0.2) is 0 Å². The minimum atomic E-state index is -0.236. The molecule has 0 N–H and O–H groups in total. The van der Waals surface area contributed by atoms with E-state index in [1.807, 2.05) is 14.0 Å². The summed E-state index contributed by atoms with van der Waals surface area (Å²) in [7, 11) is 2.04. The van der Waals surface area contributed by atoms with Gasteiger partial charge in [-0.2, -0.15) is 0 Å². The molecule has 0 saturated carbocycles. The summed E-state index contributed by atoms with van der Waals surface area (Å²) in [5.74, 6) is -0.178. The van der Waals surface area contributed by atoms with Crippen LogP contribution in [0.2, 0.25) is 0 Å². The van der Waals surface area contributed by atoms with Crippen molar-refractivity contribution in [1.29, 1.82) is 0 Å². The van der Waals surface area contributed by atoms with Gasteiger partial charge in [-0.25, -0.2) is 0 Å². The maximum Gasteiger partial charge on any atom is 0.303 e. The molecule has 1 saturated heterocycles. The Morgan fingerprint density at radius 1 is 1.64 bits per heavy atom. The average Bonchev–Trinajstić information content (AvgIpc) is 2.08. The van der Waals surface area contributed by atoms with E-state index in [9.17, 15) is 4.79 Å². The highest BCUT2D eigenvalue weighted by Gasteiger charge is 2.34. The van der Waals surface area contributed by atoms with E-state index in [0.717, 1.165) is 19.5 Å². The highest BCUT2D eigenvalue weighted by atomic mass is 16.6. The van der Waals surface area contributed by atoms with Gasteiger partial charge < -0.3 is 9.64 Å². The maximum atomic E-state index is 10.7. The monoisotopic (exact) mass is 157 g/mol. The lowest BCUT2D eigenvalue weighted by Crippen LogP contribution is -2.33. The number of nitrogens with zero attached hydrogens (tertiary/aromatic N) is 1. The highest BCUT2D eigenvalue weighted by molar-refractivity contribution is 5.66. The van der Waals surface area contributed by atoms with Crippen LogP contribution in [0.4, 0.5) is 0 Å². The molecule has 0 amide bonds. The van der Waals surface area contributed by atoms with E-state index in [2.05, 4.69) is 4.90 Å². The molecule has 1 rings (SSSR count). The second-order valence-corrected chi connectivity index (χ2v) is 3.53. The molecule has 0 aromatic heterocycles. The van der Waals surface area contributed by atoms with Crippen molar-refractivity contribution in [3.8, 4) is 0 Å². The molecule has 0 radical (unpaired) electrons. The van der Waals surface area contributed by atoms with Crippen molar-refractivity contribution < 1.29 is 9.53 Å². The van der Waals surface area contributed by atoms with E-state index in [1.54, 1.807) is 0 Å². The third-order valence-corrected chi connectivity index (χ3v) is 2.02. The van der Waals surface area contributed by atoms with Gasteiger partial charge in [-0.15, -0.1) is 0 Å². The Bertz CT molecular complexity index is 169. The molecule has 1 heterocycles. The average molecular weight is 157 g/mol. The largest absolute Gasteiger partial charge is 0.458 e. The molecule has 1 aliphatic heterocycles. The lowest BCUT2D eigenvalue weighted by Gasteiger charge is -2.23. The molecule has 1 fully saturated rings. The van der Waals surface area contributed by atoms with Crippen LogP contribution >= 0.6 is 0 Å². The Hall–Kier alpha value is -0.570. The molecule has 1 unspecified atom stereocenters. The number of likely N-dealkylation sites (N-methyl/N-ethyl adjacent to an activating group) is 1. The number of likely N-dealkylation sites (tertiary alicyclic amines) is 1. The molecule has 0 aromatic rings. The van der Waals surface area contributed by atoms with Gasteiger partial charge in [0, 0.05) is 26.4 Å². The zero-order chi connectivity index (χ0) is 8.48. The molecule has 0 spiro atoms. The molecule has 1 aliphatic rings. The van der Waals surface area contributed by atoms with Crippen molar-refractivity contribution in [3.63, 3.8) is 0 Å². The molecular weight excluding hydrogens is 142 g/mol. The third-order valence-electron chi connectivity index (χ3n) is 2.02. The topological polar surface area (TPSA) is 29.5 Å². The van der Waals surface area contributed by atoms with Crippen LogP contribution in [0.1, 0.15) is 20.3 Å². The van der Waals surface area contributed by atoms with Gasteiger partial charge >= 0.3 is 5.97 Å². The predicted octanol–water partition coefficient (Wildman–Crippen LogP) is 0.644. The number of esters is 1. The summed E-state index contributed by atoms with van der Waals surface area (Å²) in [6.45, 7) is 5.32. The van der Waals surface area contributed by atoms with Gasteiger partial charge in [0.25, 0.3) is 0 Å². The van der Waals surface area contributed by atoms with Crippen molar-refractivity contribution in [3.05, 3.63) is 0 Å². The van der Waals surface area contributed by atoms with Crippen molar-refractivity contribution in [2.45, 2.75) is 25.9 Å². The number of carbonyl (C=O) groups excluding carboxylic acids is 1. The molecule has 0 aromatic carbocycles. The van der Waals surface area contributed by atoms with Gasteiger partial charge in [-0.05, 0) is 14.0 Å². The Kier molecular flexibility index (Phi) is 2.18. The molecule has 0 aliphatic carbocycles. The fourth-order valence-electron chi connectivity index (χ4n) is 1.59. The first-order chi connectivity index (χ1) is 5.02. The van der Waals surface area contributed by atoms with Gasteiger partial charge in [0.05, 0.1) is 0 Å². The number of hydrogen-bond donors (Lipinski definition) is 0. The first-order valence-electron chi connectivity index (χ1n) is 3.90. The van der Waals surface area contributed by atoms with Crippen molar-refractivity contribution >= 4 is 5.97 Å². The van der Waals surface area contributed by atoms with Crippen molar-refractivity contribution in [2.75, 3.05) is 20.1 Å². The summed E-state index contributed by atoms with van der Waals surface area (Å²) in [5, 5.41) is 0. The van der Waals surface area contributed by atoms with Crippen LogP contribution in [0.25, 0.3) is 0 Å². The zero-order valence-corrected chi connectivity index (χ0v) is 7.39. The lowest BCUT2D eigenvalue weighted by molar-refractivity contribution is -0.153. The fourth-order valence-corrected chi connectivity index (χ4v) is 1.59. The van der Waals surface area contributed by atoms with Crippen molar-refractivity contribution in [1.82, 2.24) is 4.90 Å². The Balaban J connectivity index is 2.48. The molecule has 0 bridgehead atoms. The van der Waals surface area contributed by atoms with E-state index >= 15 is 0 Å². The third kappa shape index (κ3) is 2.19. The van der Waals surface area contributed by atoms with E-state index in [4.69, 9.17) is 4.74 Å². The van der Waals surface area contributed by atoms with E-state index in [1.165, 1.54) is 6.92 Å². The zero-order valence-electron chi connectivity index (χ0n) is 7.39. The normalized spacial score (nSPS) is 32.3. The number of rotatable bonds is 1. The maximum absolute atomic E-state index is 10.7. The van der Waals surface area contributed by atoms with Crippen LogP contribution in [0.5, 0.6) is 0 Å². The first kappa shape index (κ1) is 8.53. The second kappa shape index (κ2) is 2.81. The number of carbonyl (C=O) groups is 1. The van der Waals surface area contributed by atoms with Gasteiger partial charge in [0.2, 0.25) is 0 Å². The lowest BCUT2D eigenvalue weighted by atomic mass is 10.1. The van der Waals surface area contributed by atoms with Crippen LogP contribution in [0.3, 0.4) is 0 Å². The molecule has 1 atom stereocenters. The van der Waals surface area contributed by atoms with Crippen LogP contribution in [0, 0.1) is 0 Å². The summed E-state index contributed by atoms with van der Waals surface area (Å²) in [6, 6.07) is 0. The molecule has 3 heteroatoms. The van der Waals surface area contributed by atoms with Crippen LogP contribution in [-0.4, -0.2) is 36.6 Å². The van der Waals surface area contributed by atoms with E-state index in [0.29, 0.717) is 0 Å². The smallest absolute Gasteiger partial charge is 0.303 e. The summed E-state index contributed by atoms with van der Waals surface area (Å²) in [4.78, 5) is 12.8. The van der Waals surface area contributed by atoms with Crippen LogP contribution < -0.4 is 0 Å². The Labute approximate surface area is 67.3 Å². The molecule has 64 valence electrons. The fraction of sp³-hybridized carbons (Fsp3) is 0.875.